The van der Waals surface area contributed by atoms with Crippen LogP contribution in [0.5, 0.6) is 0 Å². The quantitative estimate of drug-likeness (QED) is 0.165. The number of benzene rings is 1. The summed E-state index contributed by atoms with van der Waals surface area (Å²) in [5.41, 5.74) is 3.99. The number of halogens is 1. The third-order valence-corrected chi connectivity index (χ3v) is 6.53. The number of hydrogen-bond acceptors (Lipinski definition) is 0. The molecular formula is C31H48BrN. The number of aryl methyl sites for hydroxylation is 2. The maximum Gasteiger partial charge on any atom is 0.205 e. The van der Waals surface area contributed by atoms with E-state index >= 15 is 0 Å². The molecule has 33 heavy (non-hydrogen) atoms. The van der Waals surface area contributed by atoms with E-state index in [4.69, 9.17) is 0 Å². The predicted molar refractivity (Wildman–Crippen MR) is 142 cm³/mol. The summed E-state index contributed by atoms with van der Waals surface area (Å²) in [6.07, 6.45) is 27.7. The Balaban J connectivity index is 0.00000544. The van der Waals surface area contributed by atoms with Crippen molar-refractivity contribution in [2.75, 3.05) is 0 Å². The molecule has 0 fully saturated rings. The SMILES string of the molecule is CCCCCCCCCCCCCCCC[n+]1cc(CC)ccc1/C=C/c1ccccc1.[Br-]. The van der Waals surface area contributed by atoms with E-state index in [0.717, 1.165) is 13.0 Å². The lowest BCUT2D eigenvalue weighted by Crippen LogP contribution is -3.00. The first-order chi connectivity index (χ1) is 15.8. The van der Waals surface area contributed by atoms with Crippen LogP contribution < -0.4 is 21.5 Å². The average Bonchev–Trinajstić information content (AvgIpc) is 2.84. The zero-order valence-electron chi connectivity index (χ0n) is 21.4. The first-order valence-electron chi connectivity index (χ1n) is 13.6. The van der Waals surface area contributed by atoms with Gasteiger partial charge in [0.05, 0.1) is 0 Å². The highest BCUT2D eigenvalue weighted by atomic mass is 79.9. The average molecular weight is 515 g/mol. The molecule has 2 rings (SSSR count). The first kappa shape index (κ1) is 29.6. The normalized spacial score (nSPS) is 11.1. The van der Waals surface area contributed by atoms with Crippen LogP contribution in [0.4, 0.5) is 0 Å². The fourth-order valence-corrected chi connectivity index (χ4v) is 4.38. The molecule has 0 bridgehead atoms. The summed E-state index contributed by atoms with van der Waals surface area (Å²) in [6, 6.07) is 15.1. The highest BCUT2D eigenvalue weighted by Gasteiger charge is 2.09. The zero-order valence-corrected chi connectivity index (χ0v) is 23.0. The van der Waals surface area contributed by atoms with E-state index in [2.05, 4.69) is 79.2 Å². The van der Waals surface area contributed by atoms with Crippen LogP contribution in [0.1, 0.15) is 121 Å². The molecule has 0 aliphatic rings. The molecule has 0 atom stereocenters. The molecule has 0 saturated carbocycles. The van der Waals surface area contributed by atoms with Gasteiger partial charge in [0, 0.05) is 24.1 Å². The standard InChI is InChI=1S/C31H48N.BrH/c1-3-5-6-7-8-9-10-11-12-13-14-15-16-20-27-32-28-29(4-2)23-25-31(32)26-24-30-21-18-17-19-22-30;/h17-19,21-26,28H,3-16,20,27H2,1-2H3;1H/q+1;/p-1/b26-24+;. The van der Waals surface area contributed by atoms with E-state index in [9.17, 15) is 0 Å². The van der Waals surface area contributed by atoms with E-state index in [0.29, 0.717) is 0 Å². The Kier molecular flexibility index (Phi) is 18.0. The molecule has 0 radical (unpaired) electrons. The molecule has 0 aliphatic heterocycles. The molecule has 1 aromatic carbocycles. The molecule has 2 aromatic rings. The van der Waals surface area contributed by atoms with Crippen molar-refractivity contribution < 1.29 is 21.5 Å². The Labute approximate surface area is 215 Å². The molecular weight excluding hydrogens is 466 g/mol. The van der Waals surface area contributed by atoms with Crippen molar-refractivity contribution in [3.63, 3.8) is 0 Å². The highest BCUT2D eigenvalue weighted by molar-refractivity contribution is 5.66. The topological polar surface area (TPSA) is 3.88 Å². The Morgan fingerprint density at radius 2 is 1.15 bits per heavy atom. The van der Waals surface area contributed by atoms with Gasteiger partial charge in [0.15, 0.2) is 6.20 Å². The van der Waals surface area contributed by atoms with Crippen LogP contribution in [0.2, 0.25) is 0 Å². The monoisotopic (exact) mass is 513 g/mol. The summed E-state index contributed by atoms with van der Waals surface area (Å²) in [7, 11) is 0. The second-order valence-corrected chi connectivity index (χ2v) is 9.35. The number of nitrogens with zero attached hydrogens (tertiary/aromatic N) is 1. The molecule has 0 spiro atoms. The van der Waals surface area contributed by atoms with Gasteiger partial charge in [-0.25, -0.2) is 0 Å². The summed E-state index contributed by atoms with van der Waals surface area (Å²) in [5, 5.41) is 0. The number of hydrogen-bond donors (Lipinski definition) is 0. The minimum Gasteiger partial charge on any atom is -1.00 e. The van der Waals surface area contributed by atoms with Gasteiger partial charge in [-0.1, -0.05) is 121 Å². The van der Waals surface area contributed by atoms with Crippen LogP contribution in [0.15, 0.2) is 48.7 Å². The van der Waals surface area contributed by atoms with E-state index < -0.39 is 0 Å². The van der Waals surface area contributed by atoms with Crippen molar-refractivity contribution in [2.24, 2.45) is 0 Å². The molecule has 0 unspecified atom stereocenters. The van der Waals surface area contributed by atoms with Crippen LogP contribution in [-0.4, -0.2) is 0 Å². The number of aromatic nitrogens is 1. The van der Waals surface area contributed by atoms with Crippen molar-refractivity contribution in [3.8, 4) is 0 Å². The van der Waals surface area contributed by atoms with Gasteiger partial charge in [0.25, 0.3) is 0 Å². The summed E-state index contributed by atoms with van der Waals surface area (Å²) < 4.78 is 2.46. The lowest BCUT2D eigenvalue weighted by molar-refractivity contribution is -0.699. The third-order valence-electron chi connectivity index (χ3n) is 6.53. The summed E-state index contributed by atoms with van der Waals surface area (Å²) in [5.74, 6) is 0. The minimum absolute atomic E-state index is 0. The number of pyridine rings is 1. The fraction of sp³-hybridized carbons (Fsp3) is 0.581. The Bertz CT molecular complexity index is 738. The molecule has 0 saturated heterocycles. The van der Waals surface area contributed by atoms with Crippen LogP contribution in [0.25, 0.3) is 12.2 Å². The molecule has 0 N–H and O–H groups in total. The molecule has 184 valence electrons. The lowest BCUT2D eigenvalue weighted by Gasteiger charge is -2.05. The van der Waals surface area contributed by atoms with Gasteiger partial charge < -0.3 is 17.0 Å². The van der Waals surface area contributed by atoms with Gasteiger partial charge in [0.1, 0.15) is 6.54 Å². The zero-order chi connectivity index (χ0) is 22.7. The van der Waals surface area contributed by atoms with Crippen molar-refractivity contribution in [1.82, 2.24) is 0 Å². The van der Waals surface area contributed by atoms with E-state index in [1.165, 1.54) is 107 Å². The van der Waals surface area contributed by atoms with Crippen molar-refractivity contribution >= 4 is 12.2 Å². The van der Waals surface area contributed by atoms with Crippen LogP contribution >= 0.6 is 0 Å². The highest BCUT2D eigenvalue weighted by Crippen LogP contribution is 2.13. The maximum atomic E-state index is 2.46. The Hall–Kier alpha value is -1.41. The first-order valence-corrected chi connectivity index (χ1v) is 13.6. The van der Waals surface area contributed by atoms with E-state index in [1.54, 1.807) is 0 Å². The molecule has 0 amide bonds. The number of rotatable bonds is 18. The van der Waals surface area contributed by atoms with Crippen molar-refractivity contribution in [3.05, 3.63) is 65.5 Å². The summed E-state index contributed by atoms with van der Waals surface area (Å²) >= 11 is 0. The predicted octanol–water partition coefficient (Wildman–Crippen LogP) is 6.19. The van der Waals surface area contributed by atoms with Crippen LogP contribution in [-0.2, 0) is 13.0 Å². The van der Waals surface area contributed by atoms with E-state index in [1.807, 2.05) is 0 Å². The molecule has 2 heteroatoms. The van der Waals surface area contributed by atoms with Crippen molar-refractivity contribution in [2.45, 2.75) is 117 Å². The van der Waals surface area contributed by atoms with Gasteiger partial charge in [-0.05, 0) is 30.5 Å². The summed E-state index contributed by atoms with van der Waals surface area (Å²) in [4.78, 5) is 0. The largest absolute Gasteiger partial charge is 1.00 e. The molecule has 1 nitrogen and oxygen atoms in total. The molecule has 1 aromatic heterocycles. The van der Waals surface area contributed by atoms with Gasteiger partial charge in [-0.15, -0.1) is 0 Å². The van der Waals surface area contributed by atoms with Gasteiger partial charge >= 0.3 is 0 Å². The number of unbranched alkanes of at least 4 members (excludes halogenated alkanes) is 13. The fourth-order valence-electron chi connectivity index (χ4n) is 4.38. The molecule has 0 aliphatic carbocycles. The summed E-state index contributed by atoms with van der Waals surface area (Å²) in [6.45, 7) is 5.66. The smallest absolute Gasteiger partial charge is 0.205 e. The Morgan fingerprint density at radius 3 is 1.70 bits per heavy atom. The Morgan fingerprint density at radius 1 is 0.606 bits per heavy atom. The second kappa shape index (κ2) is 20.0. The van der Waals surface area contributed by atoms with E-state index in [-0.39, 0.29) is 17.0 Å². The van der Waals surface area contributed by atoms with Crippen LogP contribution in [0.3, 0.4) is 0 Å². The van der Waals surface area contributed by atoms with Crippen LogP contribution in [0, 0.1) is 0 Å². The minimum atomic E-state index is 0. The maximum absolute atomic E-state index is 2.46. The third kappa shape index (κ3) is 13.8. The van der Waals surface area contributed by atoms with Crippen molar-refractivity contribution in [1.29, 1.82) is 0 Å². The lowest BCUT2D eigenvalue weighted by atomic mass is 10.0. The second-order valence-electron chi connectivity index (χ2n) is 9.35. The van der Waals surface area contributed by atoms with Gasteiger partial charge in [-0.2, -0.15) is 4.57 Å². The molecule has 1 heterocycles. The van der Waals surface area contributed by atoms with Gasteiger partial charge in [-0.3, -0.25) is 0 Å². The van der Waals surface area contributed by atoms with Gasteiger partial charge in [0.2, 0.25) is 5.69 Å².